The molecule has 0 aromatic heterocycles. The second-order valence-corrected chi connectivity index (χ2v) is 2.19. The van der Waals surface area contributed by atoms with Crippen LogP contribution in [0.25, 0.3) is 0 Å². The number of benzene rings is 1. The first-order valence-electron chi connectivity index (χ1n) is 3.59. The largest absolute Gasteiger partial charge is 0.346 e. The van der Waals surface area contributed by atoms with Crippen LogP contribution in [-0.2, 0) is 9.78 Å². The molecule has 0 spiro atoms. The first-order chi connectivity index (χ1) is 5.83. The van der Waals surface area contributed by atoms with Crippen molar-refractivity contribution < 1.29 is 9.78 Å². The SMILES string of the molecule is COO[C@H](N)Nc1ccccc1. The van der Waals surface area contributed by atoms with Gasteiger partial charge in [0.1, 0.15) is 0 Å². The zero-order valence-corrected chi connectivity index (χ0v) is 6.86. The van der Waals surface area contributed by atoms with Gasteiger partial charge in [-0.3, -0.25) is 5.73 Å². The quantitative estimate of drug-likeness (QED) is 0.399. The summed E-state index contributed by atoms with van der Waals surface area (Å²) in [5.41, 5.74) is 6.35. The maximum absolute atomic E-state index is 5.46. The van der Waals surface area contributed by atoms with E-state index in [4.69, 9.17) is 5.73 Å². The molecule has 0 saturated carbocycles. The van der Waals surface area contributed by atoms with Crippen LogP contribution < -0.4 is 11.1 Å². The van der Waals surface area contributed by atoms with Crippen LogP contribution >= 0.6 is 0 Å². The van der Waals surface area contributed by atoms with Crippen LogP contribution in [0.3, 0.4) is 0 Å². The Morgan fingerprint density at radius 2 is 2.00 bits per heavy atom. The van der Waals surface area contributed by atoms with Crippen LogP contribution in [0.15, 0.2) is 30.3 Å². The minimum atomic E-state index is -0.641. The predicted octanol–water partition coefficient (Wildman–Crippen LogP) is 0.919. The van der Waals surface area contributed by atoms with Crippen molar-refractivity contribution in [1.82, 2.24) is 0 Å². The Kier molecular flexibility index (Phi) is 3.53. The number of anilines is 1. The molecule has 0 radical (unpaired) electrons. The number of nitrogens with one attached hydrogen (secondary N) is 1. The van der Waals surface area contributed by atoms with Crippen molar-refractivity contribution in [3.8, 4) is 0 Å². The molecule has 0 bridgehead atoms. The Labute approximate surface area is 71.2 Å². The van der Waals surface area contributed by atoms with Gasteiger partial charge < -0.3 is 5.32 Å². The van der Waals surface area contributed by atoms with E-state index in [0.717, 1.165) is 5.69 Å². The van der Waals surface area contributed by atoms with Gasteiger partial charge in [0, 0.05) is 5.69 Å². The third-order valence-electron chi connectivity index (χ3n) is 1.28. The smallest absolute Gasteiger partial charge is 0.214 e. The van der Waals surface area contributed by atoms with Crippen molar-refractivity contribution in [3.05, 3.63) is 30.3 Å². The Bertz CT molecular complexity index is 216. The molecule has 3 N–H and O–H groups in total. The number of hydrogen-bond acceptors (Lipinski definition) is 4. The summed E-state index contributed by atoms with van der Waals surface area (Å²) in [4.78, 5) is 9.00. The lowest BCUT2D eigenvalue weighted by Gasteiger charge is -2.12. The van der Waals surface area contributed by atoms with E-state index in [1.54, 1.807) is 0 Å². The molecular weight excluding hydrogens is 156 g/mol. The van der Waals surface area contributed by atoms with Crippen LogP contribution in [-0.4, -0.2) is 13.5 Å². The van der Waals surface area contributed by atoms with E-state index in [2.05, 4.69) is 15.1 Å². The fourth-order valence-corrected chi connectivity index (χ4v) is 0.826. The third-order valence-corrected chi connectivity index (χ3v) is 1.28. The lowest BCUT2D eigenvalue weighted by molar-refractivity contribution is -0.296. The Morgan fingerprint density at radius 1 is 1.33 bits per heavy atom. The highest BCUT2D eigenvalue weighted by atomic mass is 17.2. The van der Waals surface area contributed by atoms with Gasteiger partial charge in [-0.25, -0.2) is 4.89 Å². The van der Waals surface area contributed by atoms with Gasteiger partial charge in [-0.05, 0) is 12.1 Å². The van der Waals surface area contributed by atoms with Crippen LogP contribution in [0.4, 0.5) is 5.69 Å². The van der Waals surface area contributed by atoms with E-state index in [1.165, 1.54) is 7.11 Å². The summed E-state index contributed by atoms with van der Waals surface area (Å²) in [6, 6.07) is 9.51. The number of hydrogen-bond donors (Lipinski definition) is 2. The first kappa shape index (κ1) is 8.99. The van der Waals surface area contributed by atoms with Crippen molar-refractivity contribution >= 4 is 5.69 Å². The number of para-hydroxylation sites is 1. The van der Waals surface area contributed by atoms with E-state index in [-0.39, 0.29) is 0 Å². The van der Waals surface area contributed by atoms with Gasteiger partial charge in [0.2, 0.25) is 6.35 Å². The molecule has 0 aliphatic carbocycles. The normalized spacial score (nSPS) is 12.5. The van der Waals surface area contributed by atoms with E-state index in [9.17, 15) is 0 Å². The minimum absolute atomic E-state index is 0.641. The summed E-state index contributed by atoms with van der Waals surface area (Å²) < 4.78 is 0. The van der Waals surface area contributed by atoms with Crippen LogP contribution in [0, 0.1) is 0 Å². The molecule has 12 heavy (non-hydrogen) atoms. The van der Waals surface area contributed by atoms with Gasteiger partial charge >= 0.3 is 0 Å². The monoisotopic (exact) mass is 168 g/mol. The highest BCUT2D eigenvalue weighted by molar-refractivity contribution is 5.42. The molecule has 1 aromatic rings. The van der Waals surface area contributed by atoms with Crippen molar-refractivity contribution in [1.29, 1.82) is 0 Å². The summed E-state index contributed by atoms with van der Waals surface area (Å²) in [6.45, 7) is 0. The van der Waals surface area contributed by atoms with E-state index >= 15 is 0 Å². The molecule has 4 nitrogen and oxygen atoms in total. The summed E-state index contributed by atoms with van der Waals surface area (Å²) in [7, 11) is 1.41. The second kappa shape index (κ2) is 4.71. The molecule has 0 heterocycles. The zero-order valence-electron chi connectivity index (χ0n) is 6.86. The zero-order chi connectivity index (χ0) is 8.81. The van der Waals surface area contributed by atoms with Crippen molar-refractivity contribution in [2.75, 3.05) is 12.4 Å². The van der Waals surface area contributed by atoms with E-state index < -0.39 is 6.35 Å². The molecular formula is C8H12N2O2. The van der Waals surface area contributed by atoms with Crippen LogP contribution in [0.1, 0.15) is 0 Å². The fraction of sp³-hybridized carbons (Fsp3) is 0.250. The summed E-state index contributed by atoms with van der Waals surface area (Å²) >= 11 is 0. The molecule has 66 valence electrons. The van der Waals surface area contributed by atoms with Gasteiger partial charge in [0.05, 0.1) is 7.11 Å². The number of nitrogens with two attached hydrogens (primary N) is 1. The van der Waals surface area contributed by atoms with Gasteiger partial charge in [-0.2, -0.15) is 4.89 Å². The average molecular weight is 168 g/mol. The van der Waals surface area contributed by atoms with Gasteiger partial charge in [0.15, 0.2) is 0 Å². The first-order valence-corrected chi connectivity index (χ1v) is 3.59. The maximum Gasteiger partial charge on any atom is 0.214 e. The summed E-state index contributed by atoms with van der Waals surface area (Å²) in [5, 5.41) is 2.87. The second-order valence-electron chi connectivity index (χ2n) is 2.19. The Morgan fingerprint density at radius 3 is 2.58 bits per heavy atom. The molecule has 1 rings (SSSR count). The fourth-order valence-electron chi connectivity index (χ4n) is 0.826. The van der Waals surface area contributed by atoms with Crippen molar-refractivity contribution in [3.63, 3.8) is 0 Å². The third kappa shape index (κ3) is 2.87. The van der Waals surface area contributed by atoms with Gasteiger partial charge in [-0.1, -0.05) is 18.2 Å². The van der Waals surface area contributed by atoms with Gasteiger partial charge in [0.25, 0.3) is 0 Å². The van der Waals surface area contributed by atoms with Crippen LogP contribution in [0.5, 0.6) is 0 Å². The standard InChI is InChI=1S/C8H12N2O2/c1-11-12-8(9)10-7-5-3-2-4-6-7/h2-6,8,10H,9H2,1H3/t8-/m1/s1. The molecule has 1 aromatic carbocycles. The van der Waals surface area contributed by atoms with Gasteiger partial charge in [-0.15, -0.1) is 0 Å². The highest BCUT2D eigenvalue weighted by Gasteiger charge is 1.99. The minimum Gasteiger partial charge on any atom is -0.346 e. The molecule has 0 aliphatic heterocycles. The molecule has 0 amide bonds. The molecule has 0 saturated heterocycles. The lowest BCUT2D eigenvalue weighted by Crippen LogP contribution is -2.32. The molecule has 1 atom stereocenters. The Balaban J connectivity index is 2.41. The Hall–Kier alpha value is -1.10. The van der Waals surface area contributed by atoms with Crippen LogP contribution in [0.2, 0.25) is 0 Å². The topological polar surface area (TPSA) is 56.5 Å². The maximum atomic E-state index is 5.46. The molecule has 0 aliphatic rings. The van der Waals surface area contributed by atoms with E-state index in [1.807, 2.05) is 30.3 Å². The average Bonchev–Trinajstić information content (AvgIpc) is 2.06. The highest BCUT2D eigenvalue weighted by Crippen LogP contribution is 2.05. The van der Waals surface area contributed by atoms with Crippen molar-refractivity contribution in [2.45, 2.75) is 6.35 Å². The summed E-state index contributed by atoms with van der Waals surface area (Å²) in [5.74, 6) is 0. The van der Waals surface area contributed by atoms with Crippen molar-refractivity contribution in [2.24, 2.45) is 5.73 Å². The summed E-state index contributed by atoms with van der Waals surface area (Å²) in [6.07, 6.45) is -0.641. The van der Waals surface area contributed by atoms with E-state index in [0.29, 0.717) is 0 Å². The predicted molar refractivity (Wildman–Crippen MR) is 46.1 cm³/mol. The molecule has 4 heteroatoms. The number of rotatable bonds is 4. The lowest BCUT2D eigenvalue weighted by atomic mass is 10.3. The molecule has 0 fully saturated rings. The molecule has 0 unspecified atom stereocenters.